The molecule has 0 bridgehead atoms. The van der Waals surface area contributed by atoms with E-state index in [0.29, 0.717) is 0 Å². The van der Waals surface area contributed by atoms with Crippen molar-refractivity contribution >= 4 is 5.69 Å². The number of likely N-dealkylation sites (tertiary alicyclic amines) is 1. The zero-order valence-corrected chi connectivity index (χ0v) is 24.0. The summed E-state index contributed by atoms with van der Waals surface area (Å²) in [5, 5.41) is 3.62. The van der Waals surface area contributed by atoms with Gasteiger partial charge in [0.05, 0.1) is 0 Å². The minimum Gasteiger partial charge on any atom is -0.485 e. The predicted molar refractivity (Wildman–Crippen MR) is 160 cm³/mol. The molecular formula is C35H44N2O2. The van der Waals surface area contributed by atoms with Gasteiger partial charge in [-0.25, -0.2) is 0 Å². The van der Waals surface area contributed by atoms with Crippen LogP contribution in [0.4, 0.5) is 5.69 Å². The lowest BCUT2D eigenvalue weighted by molar-refractivity contribution is 0.0432. The summed E-state index contributed by atoms with van der Waals surface area (Å²) in [5.74, 6) is 1.97. The second kappa shape index (κ2) is 11.3. The molecule has 4 nitrogen and oxygen atoms in total. The average molecular weight is 525 g/mol. The van der Waals surface area contributed by atoms with Gasteiger partial charge >= 0.3 is 0 Å². The number of anilines is 1. The average Bonchev–Trinajstić information content (AvgIpc) is 3.59. The molecule has 0 amide bonds. The summed E-state index contributed by atoms with van der Waals surface area (Å²) >= 11 is 0. The third-order valence-electron chi connectivity index (χ3n) is 9.31. The molecule has 1 unspecified atom stereocenters. The molecule has 0 aromatic heterocycles. The van der Waals surface area contributed by atoms with E-state index in [0.717, 1.165) is 44.9 Å². The van der Waals surface area contributed by atoms with Crippen LogP contribution in [0.3, 0.4) is 0 Å². The fraction of sp³-hybridized carbons (Fsp3) is 0.486. The zero-order chi connectivity index (χ0) is 26.8. The fourth-order valence-electron chi connectivity index (χ4n) is 7.12. The first-order valence-corrected chi connectivity index (χ1v) is 15.0. The minimum atomic E-state index is -0.123. The van der Waals surface area contributed by atoms with Crippen LogP contribution in [0.2, 0.25) is 0 Å². The van der Waals surface area contributed by atoms with Gasteiger partial charge in [-0.3, -0.25) is 4.90 Å². The van der Waals surface area contributed by atoms with E-state index in [9.17, 15) is 0 Å². The van der Waals surface area contributed by atoms with E-state index in [2.05, 4.69) is 91.7 Å². The molecule has 6 rings (SSSR count). The molecule has 1 saturated heterocycles. The summed E-state index contributed by atoms with van der Waals surface area (Å²) in [4.78, 5) is 2.65. The SMILES string of the molecule is Cc1c(C)c2c(c3c1NCC3)CC(C)(CN1CCC(CCCOC(c3ccccc3)c3ccccc3)CC1)O2. The zero-order valence-electron chi connectivity index (χ0n) is 24.0. The highest BCUT2D eigenvalue weighted by Crippen LogP contribution is 2.46. The molecular weight excluding hydrogens is 480 g/mol. The Labute approximate surface area is 234 Å². The monoisotopic (exact) mass is 524 g/mol. The molecule has 1 atom stereocenters. The molecule has 1 N–H and O–H groups in total. The van der Waals surface area contributed by atoms with Gasteiger partial charge in [-0.2, -0.15) is 0 Å². The maximum atomic E-state index is 6.75. The molecule has 0 aliphatic carbocycles. The lowest BCUT2D eigenvalue weighted by Gasteiger charge is -2.37. The number of fused-ring (bicyclic) bond motifs is 3. The van der Waals surface area contributed by atoms with Crippen LogP contribution in [-0.2, 0) is 17.6 Å². The van der Waals surface area contributed by atoms with Crippen LogP contribution >= 0.6 is 0 Å². The maximum absolute atomic E-state index is 6.75. The number of ether oxygens (including phenoxy) is 2. The number of hydrogen-bond acceptors (Lipinski definition) is 4. The number of nitrogens with zero attached hydrogens (tertiary/aromatic N) is 1. The number of hydrogen-bond donors (Lipinski definition) is 1. The Morgan fingerprint density at radius 1 is 0.949 bits per heavy atom. The summed E-state index contributed by atoms with van der Waals surface area (Å²) in [6.07, 6.45) is 7.10. The van der Waals surface area contributed by atoms with Gasteiger partial charge in [0.2, 0.25) is 0 Å². The Bertz CT molecular complexity index is 1230. The van der Waals surface area contributed by atoms with Crippen molar-refractivity contribution in [2.45, 2.75) is 71.0 Å². The van der Waals surface area contributed by atoms with E-state index in [4.69, 9.17) is 9.47 Å². The van der Waals surface area contributed by atoms with Gasteiger partial charge < -0.3 is 14.8 Å². The smallest absolute Gasteiger partial charge is 0.127 e. The molecule has 0 radical (unpaired) electrons. The molecule has 4 heteroatoms. The normalized spacial score (nSPS) is 21.0. The predicted octanol–water partition coefficient (Wildman–Crippen LogP) is 7.26. The van der Waals surface area contributed by atoms with Gasteiger partial charge in [0.15, 0.2) is 0 Å². The van der Waals surface area contributed by atoms with E-state index in [1.54, 1.807) is 0 Å². The lowest BCUT2D eigenvalue weighted by atomic mass is 9.89. The highest BCUT2D eigenvalue weighted by atomic mass is 16.5. The second-order valence-electron chi connectivity index (χ2n) is 12.3. The van der Waals surface area contributed by atoms with E-state index in [1.807, 2.05) is 0 Å². The third kappa shape index (κ3) is 5.60. The van der Waals surface area contributed by atoms with Gasteiger partial charge in [-0.1, -0.05) is 60.7 Å². The first-order chi connectivity index (χ1) is 19.0. The highest BCUT2D eigenvalue weighted by Gasteiger charge is 2.41. The summed E-state index contributed by atoms with van der Waals surface area (Å²) in [5.41, 5.74) is 9.39. The summed E-state index contributed by atoms with van der Waals surface area (Å²) in [7, 11) is 0. The van der Waals surface area contributed by atoms with Crippen molar-refractivity contribution in [3.8, 4) is 5.75 Å². The molecule has 3 aliphatic rings. The van der Waals surface area contributed by atoms with Gasteiger partial charge in [0.1, 0.15) is 17.5 Å². The Morgan fingerprint density at radius 3 is 2.28 bits per heavy atom. The van der Waals surface area contributed by atoms with Crippen LogP contribution in [0, 0.1) is 19.8 Å². The van der Waals surface area contributed by atoms with Crippen molar-refractivity contribution < 1.29 is 9.47 Å². The van der Waals surface area contributed by atoms with Crippen LogP contribution < -0.4 is 10.1 Å². The Morgan fingerprint density at radius 2 is 1.62 bits per heavy atom. The number of rotatable bonds is 9. The van der Waals surface area contributed by atoms with E-state index in [-0.39, 0.29) is 11.7 Å². The Balaban J connectivity index is 0.980. The summed E-state index contributed by atoms with van der Waals surface area (Å²) < 4.78 is 13.2. The molecule has 0 saturated carbocycles. The quantitative estimate of drug-likeness (QED) is 0.299. The Hall–Kier alpha value is -2.82. The molecule has 1 fully saturated rings. The van der Waals surface area contributed by atoms with Gasteiger partial charge in [-0.05, 0) is 99.7 Å². The standard InChI is InChI=1S/C35H44N2O2/c1-25-26(2)33-31(30-16-19-36-32(25)30)23-35(3,39-33)24-37-20-17-27(18-21-37)11-10-22-38-34(28-12-6-4-7-13-28)29-14-8-5-9-15-29/h4-9,12-15,27,34,36H,10-11,16-24H2,1-3H3. The van der Waals surface area contributed by atoms with Gasteiger partial charge in [0.25, 0.3) is 0 Å². The summed E-state index contributed by atoms with van der Waals surface area (Å²) in [6.45, 7) is 12.0. The topological polar surface area (TPSA) is 33.7 Å². The highest BCUT2D eigenvalue weighted by molar-refractivity contribution is 5.71. The third-order valence-corrected chi connectivity index (χ3v) is 9.31. The molecule has 3 aliphatic heterocycles. The van der Waals surface area contributed by atoms with E-state index >= 15 is 0 Å². The van der Waals surface area contributed by atoms with Gasteiger partial charge in [0, 0.05) is 37.4 Å². The van der Waals surface area contributed by atoms with Crippen molar-refractivity contribution in [1.82, 2.24) is 4.90 Å². The van der Waals surface area contributed by atoms with Crippen LogP contribution in [0.25, 0.3) is 0 Å². The molecule has 39 heavy (non-hydrogen) atoms. The summed E-state index contributed by atoms with van der Waals surface area (Å²) in [6, 6.07) is 21.2. The van der Waals surface area contributed by atoms with Crippen LogP contribution in [0.5, 0.6) is 5.75 Å². The van der Waals surface area contributed by atoms with Crippen LogP contribution in [-0.4, -0.2) is 43.3 Å². The molecule has 3 aromatic rings. The Kier molecular flexibility index (Phi) is 7.68. The first kappa shape index (κ1) is 26.4. The maximum Gasteiger partial charge on any atom is 0.127 e. The van der Waals surface area contributed by atoms with Gasteiger partial charge in [-0.15, -0.1) is 0 Å². The minimum absolute atomic E-state index is 0.00922. The first-order valence-electron chi connectivity index (χ1n) is 15.0. The van der Waals surface area contributed by atoms with Crippen molar-refractivity contribution in [2.75, 3.05) is 38.1 Å². The van der Waals surface area contributed by atoms with E-state index in [1.165, 1.54) is 77.2 Å². The molecule has 206 valence electrons. The molecule has 0 spiro atoms. The van der Waals surface area contributed by atoms with Crippen LogP contribution in [0.15, 0.2) is 60.7 Å². The van der Waals surface area contributed by atoms with Crippen molar-refractivity contribution in [2.24, 2.45) is 5.92 Å². The second-order valence-corrected chi connectivity index (χ2v) is 12.3. The van der Waals surface area contributed by atoms with Crippen LogP contribution in [0.1, 0.15) is 72.1 Å². The molecule has 3 heterocycles. The number of piperidine rings is 1. The largest absolute Gasteiger partial charge is 0.485 e. The molecule has 3 aromatic carbocycles. The number of benzene rings is 3. The lowest BCUT2D eigenvalue weighted by Crippen LogP contribution is -2.47. The number of nitrogens with one attached hydrogen (secondary N) is 1. The van der Waals surface area contributed by atoms with E-state index < -0.39 is 0 Å². The fourth-order valence-corrected chi connectivity index (χ4v) is 7.12. The van der Waals surface area contributed by atoms with Crippen molar-refractivity contribution in [3.05, 3.63) is 94.0 Å². The van der Waals surface area contributed by atoms with Crippen molar-refractivity contribution in [1.29, 1.82) is 0 Å². The van der Waals surface area contributed by atoms with Crippen molar-refractivity contribution in [3.63, 3.8) is 0 Å².